The third-order valence-electron chi connectivity index (χ3n) is 5.60. The van der Waals surface area contributed by atoms with Crippen LogP contribution in [0, 0.1) is 5.82 Å². The third-order valence-corrected chi connectivity index (χ3v) is 9.44. The summed E-state index contributed by atoms with van der Waals surface area (Å²) < 4.78 is 15.7. The Kier molecular flexibility index (Phi) is 8.75. The zero-order chi connectivity index (χ0) is 27.6. The number of carbonyl (C=O) groups is 3. The highest BCUT2D eigenvalue weighted by Gasteiger charge is 2.35. The molecule has 2 N–H and O–H groups in total. The second-order valence-corrected chi connectivity index (χ2v) is 12.0. The van der Waals surface area contributed by atoms with E-state index in [1.165, 1.54) is 28.5 Å². The number of anilines is 1. The van der Waals surface area contributed by atoms with E-state index >= 15 is 0 Å². The molecule has 2 aliphatic rings. The number of hydrogen-bond acceptors (Lipinski definition) is 9. The maximum atomic E-state index is 13.9. The standard InChI is InChI=1S/C24H22FN3O6S4/c1-2-3-9-26-14-11-13(25)4-5-15(14)36-17(26)7-6-16-21(33)27(10-8-18(29)30)23(37-16)20-22(34)28(12-19(31)32)24(35)38-20/h4-7,11H,2-3,8-10,12H2,1H3,(H,29,30)(H,31,32)/b16-6+,17-7-,23-20-. The third kappa shape index (κ3) is 5.87. The molecule has 0 aliphatic carbocycles. The molecule has 0 spiro atoms. The van der Waals surface area contributed by atoms with Crippen LogP contribution in [0.15, 0.2) is 39.0 Å². The molecule has 4 rings (SSSR count). The van der Waals surface area contributed by atoms with Crippen LogP contribution in [0.1, 0.15) is 26.2 Å². The van der Waals surface area contributed by atoms with Crippen molar-refractivity contribution in [2.75, 3.05) is 18.0 Å². The van der Waals surface area contributed by atoms with E-state index in [1.54, 1.807) is 18.2 Å². The minimum Gasteiger partial charge on any atom is -0.481 e. The van der Waals surface area contributed by atoms with Crippen LogP contribution in [0.3, 0.4) is 0 Å². The number of allylic oxidation sites excluding steroid dienone is 1. The smallest absolute Gasteiger partial charge is 0.323 e. The normalized spacial score (nSPS) is 18.2. The second kappa shape index (κ2) is 11.8. The quantitative estimate of drug-likeness (QED) is 0.419. The lowest BCUT2D eigenvalue weighted by Crippen LogP contribution is -2.36. The van der Waals surface area contributed by atoms with E-state index in [1.807, 2.05) is 4.90 Å². The van der Waals surface area contributed by atoms with Gasteiger partial charge in [-0.25, -0.2) is 4.39 Å². The van der Waals surface area contributed by atoms with Crippen LogP contribution in [-0.2, 0) is 20.9 Å². The molecule has 1 aromatic heterocycles. The van der Waals surface area contributed by atoms with E-state index in [2.05, 4.69) is 6.92 Å². The number of aliphatic carboxylic acids is 2. The molecule has 0 saturated carbocycles. The number of carboxylic acid groups (broad SMARTS) is 2. The summed E-state index contributed by atoms with van der Waals surface area (Å²) in [7, 11) is 0. The minimum absolute atomic E-state index is 0.0459. The van der Waals surface area contributed by atoms with Gasteiger partial charge in [0.1, 0.15) is 26.3 Å². The molecule has 3 heterocycles. The molecule has 1 aromatic carbocycles. The van der Waals surface area contributed by atoms with Gasteiger partial charge in [-0.05, 0) is 36.8 Å². The fourth-order valence-corrected chi connectivity index (χ4v) is 7.36. The van der Waals surface area contributed by atoms with Crippen molar-refractivity contribution in [2.45, 2.75) is 37.6 Å². The summed E-state index contributed by atoms with van der Waals surface area (Å²) in [4.78, 5) is 52.6. The Balaban J connectivity index is 1.81. The molecule has 0 radical (unpaired) electrons. The molecular formula is C24H22FN3O6S4. The van der Waals surface area contributed by atoms with Crippen LogP contribution in [0.4, 0.5) is 10.1 Å². The van der Waals surface area contributed by atoms with E-state index in [0.717, 1.165) is 56.5 Å². The summed E-state index contributed by atoms with van der Waals surface area (Å²) in [5.41, 5.74) is 0.280. The number of aromatic nitrogens is 1. The number of rotatable bonds is 9. The number of carbonyl (C=O) groups excluding carboxylic acids is 1. The molecule has 0 unspecified atom stereocenters. The van der Waals surface area contributed by atoms with Crippen LogP contribution >= 0.6 is 47.1 Å². The Morgan fingerprint density at radius 1 is 1.08 bits per heavy atom. The molecule has 14 heteroatoms. The predicted octanol–water partition coefficient (Wildman–Crippen LogP) is 2.61. The molecule has 38 heavy (non-hydrogen) atoms. The monoisotopic (exact) mass is 595 g/mol. The largest absolute Gasteiger partial charge is 0.481 e. The molecule has 1 saturated heterocycles. The van der Waals surface area contributed by atoms with Gasteiger partial charge in [0, 0.05) is 18.0 Å². The van der Waals surface area contributed by atoms with Gasteiger partial charge < -0.3 is 15.1 Å². The van der Waals surface area contributed by atoms with Crippen LogP contribution in [0.2, 0.25) is 0 Å². The molecule has 2 aromatic rings. The lowest BCUT2D eigenvalue weighted by molar-refractivity contribution is -0.140. The topological polar surface area (TPSA) is 120 Å². The molecule has 1 fully saturated rings. The van der Waals surface area contributed by atoms with Gasteiger partial charge in [-0.3, -0.25) is 28.6 Å². The summed E-state index contributed by atoms with van der Waals surface area (Å²) in [6, 6.07) is 4.59. The minimum atomic E-state index is -1.24. The number of thioether (sulfide) groups is 2. The molecule has 200 valence electrons. The predicted molar refractivity (Wildman–Crippen MR) is 150 cm³/mol. The zero-order valence-electron chi connectivity index (χ0n) is 20.0. The molecule has 1 amide bonds. The Morgan fingerprint density at radius 2 is 1.84 bits per heavy atom. The number of unbranched alkanes of at least 4 members (excludes halogenated alkanes) is 1. The first-order valence-corrected chi connectivity index (χ1v) is 14.3. The Morgan fingerprint density at radius 3 is 2.53 bits per heavy atom. The number of carboxylic acids is 2. The van der Waals surface area contributed by atoms with Gasteiger partial charge in [0.05, 0.1) is 21.7 Å². The van der Waals surface area contributed by atoms with Gasteiger partial charge >= 0.3 is 11.9 Å². The highest BCUT2D eigenvalue weighted by Crippen LogP contribution is 2.46. The molecule has 9 nitrogen and oxygen atoms in total. The van der Waals surface area contributed by atoms with Crippen molar-refractivity contribution in [1.82, 2.24) is 9.47 Å². The lowest BCUT2D eigenvalue weighted by Gasteiger charge is -2.19. The average Bonchev–Trinajstić information content (AvgIpc) is 3.46. The van der Waals surface area contributed by atoms with E-state index < -0.39 is 29.9 Å². The zero-order valence-corrected chi connectivity index (χ0v) is 23.3. The summed E-state index contributed by atoms with van der Waals surface area (Å²) in [6.45, 7) is 1.94. The van der Waals surface area contributed by atoms with Crippen LogP contribution in [-0.4, -0.2) is 54.9 Å². The van der Waals surface area contributed by atoms with E-state index in [-0.39, 0.29) is 37.2 Å². The van der Waals surface area contributed by atoms with Crippen LogP contribution in [0.25, 0.3) is 11.0 Å². The number of fused-ring (bicyclic) bond motifs is 1. The van der Waals surface area contributed by atoms with Gasteiger partial charge in [0.25, 0.3) is 11.5 Å². The van der Waals surface area contributed by atoms with Crippen molar-refractivity contribution in [3.05, 3.63) is 54.7 Å². The lowest BCUT2D eigenvalue weighted by atomic mass is 10.2. The average molecular weight is 596 g/mol. The van der Waals surface area contributed by atoms with Gasteiger partial charge in [-0.15, -0.1) is 11.3 Å². The van der Waals surface area contributed by atoms with E-state index in [0.29, 0.717) is 6.54 Å². The highest BCUT2D eigenvalue weighted by molar-refractivity contribution is 8.30. The van der Waals surface area contributed by atoms with Crippen molar-refractivity contribution in [1.29, 1.82) is 0 Å². The van der Waals surface area contributed by atoms with Gasteiger partial charge in [0.15, 0.2) is 0 Å². The number of halogens is 1. The Hall–Kier alpha value is -2.94. The molecule has 0 bridgehead atoms. The van der Waals surface area contributed by atoms with Crippen molar-refractivity contribution in [2.24, 2.45) is 0 Å². The van der Waals surface area contributed by atoms with Crippen LogP contribution in [0.5, 0.6) is 0 Å². The van der Waals surface area contributed by atoms with Crippen molar-refractivity contribution in [3.8, 4) is 0 Å². The van der Waals surface area contributed by atoms with Crippen molar-refractivity contribution < 1.29 is 29.0 Å². The summed E-state index contributed by atoms with van der Waals surface area (Å²) in [5.74, 6) is -3.34. The summed E-state index contributed by atoms with van der Waals surface area (Å²) in [5, 5.41) is 19.1. The Bertz CT molecular complexity index is 1550. The van der Waals surface area contributed by atoms with Gasteiger partial charge in [-0.1, -0.05) is 49.1 Å². The van der Waals surface area contributed by atoms with Gasteiger partial charge in [0.2, 0.25) is 0 Å². The van der Waals surface area contributed by atoms with E-state index in [4.69, 9.17) is 17.3 Å². The Labute approximate surface area is 233 Å². The number of thiocarbonyl (C=S) groups is 1. The molecule has 2 aliphatic heterocycles. The van der Waals surface area contributed by atoms with Gasteiger partial charge in [-0.2, -0.15) is 0 Å². The first-order valence-electron chi connectivity index (χ1n) is 11.5. The number of hydrogen-bond donors (Lipinski definition) is 2. The molecular weight excluding hydrogens is 574 g/mol. The number of nitrogens with zero attached hydrogens (tertiary/aromatic N) is 3. The van der Waals surface area contributed by atoms with Crippen molar-refractivity contribution in [3.63, 3.8) is 0 Å². The fourth-order valence-electron chi connectivity index (χ4n) is 3.80. The SMILES string of the molecule is CCCCN1/C(=C/C=c2/s/c(=C3\SC(=S)N(CC(=O)O)C3=O)n(CCC(=O)O)c2=O)Sc2ccc(F)cc21. The van der Waals surface area contributed by atoms with Crippen LogP contribution < -0.4 is 19.7 Å². The van der Waals surface area contributed by atoms with E-state index in [9.17, 15) is 28.7 Å². The maximum Gasteiger partial charge on any atom is 0.323 e. The summed E-state index contributed by atoms with van der Waals surface area (Å²) >= 11 is 8.51. The fraction of sp³-hybridized carbons (Fsp3) is 0.292. The number of benzene rings is 1. The highest BCUT2D eigenvalue weighted by atomic mass is 32.2. The summed E-state index contributed by atoms with van der Waals surface area (Å²) in [6.07, 6.45) is 4.84. The maximum absolute atomic E-state index is 13.9. The number of amides is 1. The van der Waals surface area contributed by atoms with Crippen molar-refractivity contribution >= 4 is 85.9 Å². The second-order valence-electron chi connectivity index (χ2n) is 8.24. The first-order chi connectivity index (χ1) is 18.1. The first kappa shape index (κ1) is 28.1. The number of thiazole rings is 1. The molecule has 0 atom stereocenters.